The first-order valence-electron chi connectivity index (χ1n) is 5.86. The molecule has 4 nitrogen and oxygen atoms in total. The number of aryl methyl sites for hydroxylation is 2. The van der Waals surface area contributed by atoms with E-state index in [2.05, 4.69) is 17.4 Å². The molecular formula is C12H17ClN4S. The van der Waals surface area contributed by atoms with E-state index in [0.717, 1.165) is 28.4 Å². The molecule has 18 heavy (non-hydrogen) atoms. The number of hydrogen-bond acceptors (Lipinski definition) is 4. The minimum atomic E-state index is 0.0726. The summed E-state index contributed by atoms with van der Waals surface area (Å²) in [6.07, 6.45) is 3.75. The van der Waals surface area contributed by atoms with Crippen molar-refractivity contribution >= 4 is 22.9 Å². The lowest BCUT2D eigenvalue weighted by Gasteiger charge is -2.14. The molecule has 0 amide bonds. The Bertz CT molecular complexity index is 520. The van der Waals surface area contributed by atoms with Gasteiger partial charge in [-0.2, -0.15) is 5.10 Å². The first-order valence-corrected chi connectivity index (χ1v) is 7.06. The van der Waals surface area contributed by atoms with E-state index in [0.29, 0.717) is 0 Å². The van der Waals surface area contributed by atoms with Gasteiger partial charge >= 0.3 is 0 Å². The molecule has 0 radical (unpaired) electrons. The van der Waals surface area contributed by atoms with Crippen LogP contribution >= 0.6 is 22.9 Å². The molecule has 0 fully saturated rings. The highest BCUT2D eigenvalue weighted by Crippen LogP contribution is 2.27. The van der Waals surface area contributed by atoms with E-state index < -0.39 is 0 Å². The van der Waals surface area contributed by atoms with E-state index in [4.69, 9.17) is 17.4 Å². The molecule has 98 valence electrons. The van der Waals surface area contributed by atoms with Crippen molar-refractivity contribution in [2.75, 3.05) is 0 Å². The molecule has 0 saturated carbocycles. The van der Waals surface area contributed by atoms with Gasteiger partial charge in [0.25, 0.3) is 0 Å². The van der Waals surface area contributed by atoms with Crippen LogP contribution in [0.2, 0.25) is 4.34 Å². The van der Waals surface area contributed by atoms with Crippen molar-refractivity contribution in [2.24, 2.45) is 12.9 Å². The fraction of sp³-hybridized carbons (Fsp3) is 0.417. The lowest BCUT2D eigenvalue weighted by Crippen LogP contribution is -2.29. The van der Waals surface area contributed by atoms with Crippen molar-refractivity contribution in [3.8, 4) is 0 Å². The molecule has 2 heterocycles. The van der Waals surface area contributed by atoms with E-state index in [1.54, 1.807) is 11.3 Å². The smallest absolute Gasteiger partial charge is 0.0931 e. The minimum Gasteiger partial charge on any atom is -0.275 e. The molecule has 0 aliphatic rings. The first-order chi connectivity index (χ1) is 8.63. The Balaban J connectivity index is 2.22. The third-order valence-electron chi connectivity index (χ3n) is 2.88. The Morgan fingerprint density at radius 3 is 2.89 bits per heavy atom. The van der Waals surface area contributed by atoms with Gasteiger partial charge in [-0.05, 0) is 18.6 Å². The van der Waals surface area contributed by atoms with Crippen molar-refractivity contribution < 1.29 is 0 Å². The second kappa shape index (κ2) is 5.84. The normalized spacial score (nSPS) is 12.9. The summed E-state index contributed by atoms with van der Waals surface area (Å²) in [6.45, 7) is 2.10. The quantitative estimate of drug-likeness (QED) is 0.655. The minimum absolute atomic E-state index is 0.0726. The molecule has 2 aromatic heterocycles. The van der Waals surface area contributed by atoms with Crippen molar-refractivity contribution in [1.29, 1.82) is 0 Å². The summed E-state index contributed by atoms with van der Waals surface area (Å²) < 4.78 is 2.64. The number of rotatable bonds is 5. The number of nitrogens with zero attached hydrogens (tertiary/aromatic N) is 2. The molecule has 0 saturated heterocycles. The summed E-state index contributed by atoms with van der Waals surface area (Å²) >= 11 is 7.54. The zero-order valence-electron chi connectivity index (χ0n) is 10.5. The van der Waals surface area contributed by atoms with Crippen LogP contribution in [0.5, 0.6) is 0 Å². The number of nitrogens with one attached hydrogen (secondary N) is 1. The Kier molecular flexibility index (Phi) is 4.40. The standard InChI is InChI=1S/C12H17ClN4S/c1-3-10-9(7-17(2)16-10)11(15-14)6-8-4-5-12(13)18-8/h4-5,7,11,15H,3,6,14H2,1-2H3. The number of hydrazine groups is 1. The van der Waals surface area contributed by atoms with Gasteiger partial charge < -0.3 is 0 Å². The summed E-state index contributed by atoms with van der Waals surface area (Å²) in [6, 6.07) is 4.03. The Labute approximate surface area is 116 Å². The van der Waals surface area contributed by atoms with Crippen LogP contribution in [-0.2, 0) is 19.9 Å². The fourth-order valence-corrected chi connectivity index (χ4v) is 3.17. The average Bonchev–Trinajstić information content (AvgIpc) is 2.92. The van der Waals surface area contributed by atoms with Gasteiger partial charge in [0.1, 0.15) is 0 Å². The average molecular weight is 285 g/mol. The molecule has 3 N–H and O–H groups in total. The molecule has 2 aromatic rings. The topological polar surface area (TPSA) is 55.9 Å². The SMILES string of the molecule is CCc1nn(C)cc1C(Cc1ccc(Cl)s1)NN. The largest absolute Gasteiger partial charge is 0.275 e. The van der Waals surface area contributed by atoms with Crippen molar-refractivity contribution in [3.63, 3.8) is 0 Å². The Morgan fingerprint density at radius 1 is 1.56 bits per heavy atom. The van der Waals surface area contributed by atoms with E-state index >= 15 is 0 Å². The number of halogens is 1. The summed E-state index contributed by atoms with van der Waals surface area (Å²) in [7, 11) is 1.93. The van der Waals surface area contributed by atoms with E-state index in [-0.39, 0.29) is 6.04 Å². The molecule has 0 bridgehead atoms. The Hall–Kier alpha value is -0.880. The molecule has 2 rings (SSSR count). The predicted molar refractivity (Wildman–Crippen MR) is 75.7 cm³/mol. The van der Waals surface area contributed by atoms with Gasteiger partial charge in [-0.1, -0.05) is 18.5 Å². The van der Waals surface area contributed by atoms with Crippen molar-refractivity contribution in [1.82, 2.24) is 15.2 Å². The predicted octanol–water partition coefficient (Wildman–Crippen LogP) is 2.44. The maximum Gasteiger partial charge on any atom is 0.0931 e. The van der Waals surface area contributed by atoms with Crippen LogP contribution in [0.4, 0.5) is 0 Å². The summed E-state index contributed by atoms with van der Waals surface area (Å²) in [5.74, 6) is 5.68. The van der Waals surface area contributed by atoms with Gasteiger partial charge in [-0.3, -0.25) is 16.0 Å². The molecule has 6 heteroatoms. The third-order valence-corrected chi connectivity index (χ3v) is 4.14. The van der Waals surface area contributed by atoms with Gasteiger partial charge in [-0.25, -0.2) is 0 Å². The number of nitrogens with two attached hydrogens (primary N) is 1. The first kappa shape index (κ1) is 13.5. The lowest BCUT2D eigenvalue weighted by atomic mass is 10.0. The monoisotopic (exact) mass is 284 g/mol. The zero-order chi connectivity index (χ0) is 13.1. The maximum absolute atomic E-state index is 5.95. The van der Waals surface area contributed by atoms with E-state index in [1.165, 1.54) is 4.88 Å². The fourth-order valence-electron chi connectivity index (χ4n) is 2.04. The highest BCUT2D eigenvalue weighted by Gasteiger charge is 2.17. The molecule has 0 aromatic carbocycles. The van der Waals surface area contributed by atoms with E-state index in [9.17, 15) is 0 Å². The van der Waals surface area contributed by atoms with Gasteiger partial charge in [0.2, 0.25) is 0 Å². The molecular weight excluding hydrogens is 268 g/mol. The van der Waals surface area contributed by atoms with Gasteiger partial charge in [0.05, 0.1) is 16.1 Å². The van der Waals surface area contributed by atoms with Gasteiger partial charge in [0.15, 0.2) is 0 Å². The van der Waals surface area contributed by atoms with Crippen LogP contribution < -0.4 is 11.3 Å². The second-order valence-corrected chi connectivity index (χ2v) is 5.99. The van der Waals surface area contributed by atoms with Crippen LogP contribution in [0, 0.1) is 0 Å². The van der Waals surface area contributed by atoms with Crippen molar-refractivity contribution in [2.45, 2.75) is 25.8 Å². The van der Waals surface area contributed by atoms with Crippen LogP contribution in [0.3, 0.4) is 0 Å². The lowest BCUT2D eigenvalue weighted by molar-refractivity contribution is 0.551. The van der Waals surface area contributed by atoms with Crippen LogP contribution in [0.1, 0.15) is 29.1 Å². The summed E-state index contributed by atoms with van der Waals surface area (Å²) in [5.41, 5.74) is 5.12. The maximum atomic E-state index is 5.95. The highest BCUT2D eigenvalue weighted by molar-refractivity contribution is 7.16. The molecule has 1 unspecified atom stereocenters. The second-order valence-electron chi connectivity index (χ2n) is 4.19. The van der Waals surface area contributed by atoms with Crippen LogP contribution in [-0.4, -0.2) is 9.78 Å². The highest BCUT2D eigenvalue weighted by atomic mass is 35.5. The molecule has 1 atom stereocenters. The van der Waals surface area contributed by atoms with Crippen molar-refractivity contribution in [3.05, 3.63) is 38.8 Å². The summed E-state index contributed by atoms with van der Waals surface area (Å²) in [4.78, 5) is 1.22. The molecule has 0 aliphatic heterocycles. The molecule has 0 aliphatic carbocycles. The Morgan fingerprint density at radius 2 is 2.33 bits per heavy atom. The third kappa shape index (κ3) is 2.92. The van der Waals surface area contributed by atoms with Crippen LogP contribution in [0.15, 0.2) is 18.3 Å². The number of thiophene rings is 1. The number of aromatic nitrogens is 2. The van der Waals surface area contributed by atoms with Gasteiger partial charge in [0, 0.05) is 30.1 Å². The van der Waals surface area contributed by atoms with E-state index in [1.807, 2.05) is 30.1 Å². The number of hydrogen-bond donors (Lipinski definition) is 2. The van der Waals surface area contributed by atoms with Gasteiger partial charge in [-0.15, -0.1) is 11.3 Å². The summed E-state index contributed by atoms with van der Waals surface area (Å²) in [5, 5.41) is 4.44. The zero-order valence-corrected chi connectivity index (χ0v) is 12.1. The van der Waals surface area contributed by atoms with Crippen LogP contribution in [0.25, 0.3) is 0 Å². The molecule has 0 spiro atoms.